The van der Waals surface area contributed by atoms with Crippen LogP contribution in [0.15, 0.2) is 12.1 Å². The smallest absolute Gasteiger partial charge is 0.125 e. The number of β-amino-alcohol motifs (C(OH)–C–C–N with tert-alkyl or cyclic N) is 1. The Labute approximate surface area is 140 Å². The molecule has 0 aliphatic carbocycles. The highest BCUT2D eigenvalue weighted by molar-refractivity contribution is 5.44. The molecule has 0 aromatic heterocycles. The highest BCUT2D eigenvalue weighted by Gasteiger charge is 2.24. The summed E-state index contributed by atoms with van der Waals surface area (Å²) in [5, 5.41) is 19.9. The van der Waals surface area contributed by atoms with E-state index in [4.69, 9.17) is 4.74 Å². The van der Waals surface area contributed by atoms with Gasteiger partial charge in [0.15, 0.2) is 0 Å². The summed E-state index contributed by atoms with van der Waals surface area (Å²) in [6, 6.07) is 4.16. The van der Waals surface area contributed by atoms with Crippen LogP contribution in [0.3, 0.4) is 0 Å². The van der Waals surface area contributed by atoms with Crippen molar-refractivity contribution in [3.63, 3.8) is 0 Å². The van der Waals surface area contributed by atoms with E-state index in [0.717, 1.165) is 42.8 Å². The van der Waals surface area contributed by atoms with E-state index in [2.05, 4.69) is 30.9 Å². The lowest BCUT2D eigenvalue weighted by Crippen LogP contribution is -2.42. The lowest BCUT2D eigenvalue weighted by Gasteiger charge is -2.34. The highest BCUT2D eigenvalue weighted by atomic mass is 16.5. The van der Waals surface area contributed by atoms with E-state index in [9.17, 15) is 10.2 Å². The number of ether oxygens (including phenoxy) is 1. The van der Waals surface area contributed by atoms with Crippen LogP contribution in [-0.2, 0) is 0 Å². The number of aliphatic hydroxyl groups is 2. The molecule has 23 heavy (non-hydrogen) atoms. The van der Waals surface area contributed by atoms with E-state index in [-0.39, 0.29) is 6.10 Å². The summed E-state index contributed by atoms with van der Waals surface area (Å²) in [5.41, 5.74) is 3.47. The first kappa shape index (κ1) is 18.2. The molecule has 1 fully saturated rings. The van der Waals surface area contributed by atoms with Gasteiger partial charge in [0.25, 0.3) is 0 Å². The van der Waals surface area contributed by atoms with Gasteiger partial charge in [-0.1, -0.05) is 12.1 Å². The summed E-state index contributed by atoms with van der Waals surface area (Å²) in [5.74, 6) is 1.30. The molecule has 2 unspecified atom stereocenters. The van der Waals surface area contributed by atoms with E-state index in [1.54, 1.807) is 0 Å². The molecular weight excluding hydrogens is 290 g/mol. The maximum Gasteiger partial charge on any atom is 0.125 e. The summed E-state index contributed by atoms with van der Waals surface area (Å²) >= 11 is 0. The van der Waals surface area contributed by atoms with Gasteiger partial charge in [0.05, 0.1) is 6.10 Å². The van der Waals surface area contributed by atoms with Crippen LogP contribution in [-0.4, -0.2) is 53.6 Å². The largest absolute Gasteiger partial charge is 0.490 e. The zero-order valence-electron chi connectivity index (χ0n) is 14.9. The highest BCUT2D eigenvalue weighted by Crippen LogP contribution is 2.26. The lowest BCUT2D eigenvalue weighted by molar-refractivity contribution is 0.0334. The number of nitrogens with zero attached hydrogens (tertiary/aromatic N) is 1. The third-order valence-electron chi connectivity index (χ3n) is 5.08. The Kier molecular flexibility index (Phi) is 6.45. The predicted molar refractivity (Wildman–Crippen MR) is 93.0 cm³/mol. The Balaban J connectivity index is 1.80. The molecule has 2 N–H and O–H groups in total. The van der Waals surface area contributed by atoms with Crippen LogP contribution in [0, 0.1) is 26.7 Å². The minimum absolute atomic E-state index is 0.224. The number of hydrogen-bond acceptors (Lipinski definition) is 4. The zero-order chi connectivity index (χ0) is 17.0. The van der Waals surface area contributed by atoms with Gasteiger partial charge in [0.2, 0.25) is 0 Å². The van der Waals surface area contributed by atoms with Crippen molar-refractivity contribution < 1.29 is 14.9 Å². The predicted octanol–water partition coefficient (Wildman–Crippen LogP) is 2.44. The summed E-state index contributed by atoms with van der Waals surface area (Å²) < 4.78 is 5.89. The van der Waals surface area contributed by atoms with Crippen molar-refractivity contribution in [3.8, 4) is 5.75 Å². The van der Waals surface area contributed by atoms with Gasteiger partial charge in [0, 0.05) is 6.54 Å². The van der Waals surface area contributed by atoms with Gasteiger partial charge in [-0.3, -0.25) is 0 Å². The summed E-state index contributed by atoms with van der Waals surface area (Å²) in [4.78, 5) is 2.27. The van der Waals surface area contributed by atoms with Crippen LogP contribution >= 0.6 is 0 Å². The average molecular weight is 321 g/mol. The van der Waals surface area contributed by atoms with E-state index in [0.29, 0.717) is 19.1 Å². The first-order chi connectivity index (χ1) is 10.9. The van der Waals surface area contributed by atoms with Gasteiger partial charge in [0.1, 0.15) is 18.5 Å². The van der Waals surface area contributed by atoms with Gasteiger partial charge < -0.3 is 19.8 Å². The molecule has 0 bridgehead atoms. The maximum absolute atomic E-state index is 10.3. The third kappa shape index (κ3) is 4.93. The van der Waals surface area contributed by atoms with Crippen LogP contribution in [0.25, 0.3) is 0 Å². The molecule has 1 saturated heterocycles. The van der Waals surface area contributed by atoms with Crippen LogP contribution < -0.4 is 4.74 Å². The third-order valence-corrected chi connectivity index (χ3v) is 5.08. The van der Waals surface area contributed by atoms with Gasteiger partial charge in [-0.25, -0.2) is 0 Å². The average Bonchev–Trinajstić information content (AvgIpc) is 2.51. The second kappa shape index (κ2) is 8.13. The van der Waals surface area contributed by atoms with Crippen LogP contribution in [0.1, 0.15) is 36.5 Å². The van der Waals surface area contributed by atoms with E-state index < -0.39 is 6.10 Å². The second-order valence-corrected chi connectivity index (χ2v) is 7.00. The fourth-order valence-corrected chi connectivity index (χ4v) is 3.30. The molecule has 2 atom stereocenters. The van der Waals surface area contributed by atoms with Gasteiger partial charge in [-0.2, -0.15) is 0 Å². The number of hydrogen-bond donors (Lipinski definition) is 2. The molecule has 1 aromatic carbocycles. The van der Waals surface area contributed by atoms with Crippen LogP contribution in [0.5, 0.6) is 5.75 Å². The van der Waals surface area contributed by atoms with Crippen molar-refractivity contribution in [2.45, 2.75) is 52.7 Å². The normalized spacial score (nSPS) is 19.6. The van der Waals surface area contributed by atoms with E-state index in [1.807, 2.05) is 13.8 Å². The number of piperidine rings is 1. The Morgan fingerprint density at radius 2 is 1.74 bits per heavy atom. The fourth-order valence-electron chi connectivity index (χ4n) is 3.30. The zero-order valence-corrected chi connectivity index (χ0v) is 14.9. The van der Waals surface area contributed by atoms with E-state index >= 15 is 0 Å². The molecular formula is C19H31NO3. The van der Waals surface area contributed by atoms with Crippen molar-refractivity contribution >= 4 is 0 Å². The molecule has 1 heterocycles. The molecule has 0 saturated carbocycles. The van der Waals surface area contributed by atoms with Crippen molar-refractivity contribution in [1.82, 2.24) is 4.90 Å². The molecule has 0 radical (unpaired) electrons. The van der Waals surface area contributed by atoms with Gasteiger partial charge in [-0.15, -0.1) is 0 Å². The van der Waals surface area contributed by atoms with Crippen LogP contribution in [0.2, 0.25) is 0 Å². The molecule has 4 nitrogen and oxygen atoms in total. The first-order valence-corrected chi connectivity index (χ1v) is 8.66. The topological polar surface area (TPSA) is 52.9 Å². The minimum atomic E-state index is -0.489. The molecule has 0 amide bonds. The van der Waals surface area contributed by atoms with Gasteiger partial charge >= 0.3 is 0 Å². The molecule has 4 heteroatoms. The van der Waals surface area contributed by atoms with Crippen molar-refractivity contribution in [1.29, 1.82) is 0 Å². The SMILES string of the molecule is Cc1ccc(C)c(OCC(O)CN2CCC(C(C)O)CC2)c1C. The van der Waals surface area contributed by atoms with Crippen molar-refractivity contribution in [2.24, 2.45) is 5.92 Å². The Morgan fingerprint density at radius 1 is 1.13 bits per heavy atom. The van der Waals surface area contributed by atoms with Gasteiger partial charge in [-0.05, 0) is 76.2 Å². The summed E-state index contributed by atoms with van der Waals surface area (Å²) in [6.07, 6.45) is 1.29. The lowest BCUT2D eigenvalue weighted by atomic mass is 9.92. The molecule has 0 spiro atoms. The Hall–Kier alpha value is -1.10. The summed E-state index contributed by atoms with van der Waals surface area (Å²) in [7, 11) is 0. The summed E-state index contributed by atoms with van der Waals surface area (Å²) in [6.45, 7) is 10.9. The number of aryl methyl sites for hydroxylation is 2. The van der Waals surface area contributed by atoms with E-state index in [1.165, 1.54) is 5.56 Å². The first-order valence-electron chi connectivity index (χ1n) is 8.66. The number of aliphatic hydroxyl groups excluding tert-OH is 2. The second-order valence-electron chi connectivity index (χ2n) is 7.00. The Bertz CT molecular complexity index is 508. The molecule has 2 rings (SSSR count). The number of likely N-dealkylation sites (tertiary alicyclic amines) is 1. The number of benzene rings is 1. The van der Waals surface area contributed by atoms with Crippen molar-refractivity contribution in [2.75, 3.05) is 26.2 Å². The quantitative estimate of drug-likeness (QED) is 0.845. The minimum Gasteiger partial charge on any atom is -0.490 e. The fraction of sp³-hybridized carbons (Fsp3) is 0.684. The monoisotopic (exact) mass is 321 g/mol. The Morgan fingerprint density at radius 3 is 2.35 bits per heavy atom. The standard InChI is InChI=1S/C19H31NO3/c1-13-5-6-14(2)19(15(13)3)23-12-18(22)11-20-9-7-17(8-10-20)16(4)21/h5-6,16-18,21-22H,7-12H2,1-4H3. The number of rotatable bonds is 6. The van der Waals surface area contributed by atoms with Crippen LogP contribution in [0.4, 0.5) is 0 Å². The molecule has 1 aliphatic rings. The van der Waals surface area contributed by atoms with Crippen molar-refractivity contribution in [3.05, 3.63) is 28.8 Å². The molecule has 130 valence electrons. The molecule has 1 aliphatic heterocycles. The molecule has 1 aromatic rings. The maximum atomic E-state index is 10.3.